The highest BCUT2D eigenvalue weighted by molar-refractivity contribution is 5.74. The van der Waals surface area contributed by atoms with Gasteiger partial charge < -0.3 is 9.30 Å². The molecule has 1 saturated heterocycles. The van der Waals surface area contributed by atoms with Gasteiger partial charge in [0.2, 0.25) is 0 Å². The Morgan fingerprint density at radius 3 is 2.38 bits per heavy atom. The quantitative estimate of drug-likeness (QED) is 0.613. The van der Waals surface area contributed by atoms with E-state index in [1.54, 1.807) is 48.7 Å². The summed E-state index contributed by atoms with van der Waals surface area (Å²) in [5.74, 6) is -1.26. The smallest absolute Gasteiger partial charge is 0.287 e. The first-order valence-corrected chi connectivity index (χ1v) is 9.37. The number of hydrogen-bond acceptors (Lipinski definition) is 3. The van der Waals surface area contributed by atoms with Crippen molar-refractivity contribution in [3.05, 3.63) is 105 Å². The van der Waals surface area contributed by atoms with E-state index in [0.717, 1.165) is 11.8 Å². The Morgan fingerprint density at radius 2 is 1.76 bits per heavy atom. The lowest BCUT2D eigenvalue weighted by Gasteiger charge is -2.30. The summed E-state index contributed by atoms with van der Waals surface area (Å²) in [6.07, 6.45) is 3.50. The minimum absolute atomic E-state index is 0.166. The third-order valence-electron chi connectivity index (χ3n) is 5.34. The zero-order valence-electron chi connectivity index (χ0n) is 15.6. The largest absolute Gasteiger partial charge is 0.365 e. The zero-order valence-corrected chi connectivity index (χ0v) is 15.6. The SMILES string of the molecule is O=Cc1ccc(Cn2ccc(C3(c4ccc(F)cc4)CCCO3)c(F)c2=O)cc1. The lowest BCUT2D eigenvalue weighted by atomic mass is 9.84. The van der Waals surface area contributed by atoms with Crippen LogP contribution in [0.25, 0.3) is 0 Å². The summed E-state index contributed by atoms with van der Waals surface area (Å²) in [5.41, 5.74) is 0.245. The molecule has 1 atom stereocenters. The highest BCUT2D eigenvalue weighted by Crippen LogP contribution is 2.42. The van der Waals surface area contributed by atoms with Gasteiger partial charge in [0.25, 0.3) is 5.56 Å². The van der Waals surface area contributed by atoms with E-state index < -0.39 is 22.8 Å². The van der Waals surface area contributed by atoms with Crippen molar-refractivity contribution < 1.29 is 18.3 Å². The van der Waals surface area contributed by atoms with Crippen molar-refractivity contribution in [2.24, 2.45) is 0 Å². The number of nitrogens with zero attached hydrogens (tertiary/aromatic N) is 1. The highest BCUT2D eigenvalue weighted by Gasteiger charge is 2.41. The molecule has 1 aliphatic rings. The second-order valence-electron chi connectivity index (χ2n) is 7.12. The molecule has 0 saturated carbocycles. The van der Waals surface area contributed by atoms with Crippen molar-refractivity contribution in [2.45, 2.75) is 25.0 Å². The molecule has 4 nitrogen and oxygen atoms in total. The first-order valence-electron chi connectivity index (χ1n) is 9.37. The number of ether oxygens (including phenoxy) is 1. The maximum atomic E-state index is 15.2. The van der Waals surface area contributed by atoms with Crippen LogP contribution in [0.1, 0.15) is 39.9 Å². The van der Waals surface area contributed by atoms with Gasteiger partial charge >= 0.3 is 0 Å². The van der Waals surface area contributed by atoms with E-state index in [2.05, 4.69) is 0 Å². The number of carbonyl (C=O) groups is 1. The molecule has 0 aliphatic carbocycles. The highest BCUT2D eigenvalue weighted by atomic mass is 19.1. The van der Waals surface area contributed by atoms with Crippen LogP contribution in [0.4, 0.5) is 8.78 Å². The fraction of sp³-hybridized carbons (Fsp3) is 0.217. The molecule has 3 aromatic rings. The number of pyridine rings is 1. The van der Waals surface area contributed by atoms with Crippen LogP contribution in [0.5, 0.6) is 0 Å². The topological polar surface area (TPSA) is 48.3 Å². The molecule has 2 aromatic carbocycles. The van der Waals surface area contributed by atoms with Crippen molar-refractivity contribution in [1.82, 2.24) is 4.57 Å². The third-order valence-corrected chi connectivity index (χ3v) is 5.34. The Kier molecular flexibility index (Phi) is 5.11. The predicted octanol–water partition coefficient (Wildman–Crippen LogP) is 4.04. The van der Waals surface area contributed by atoms with Crippen LogP contribution >= 0.6 is 0 Å². The predicted molar refractivity (Wildman–Crippen MR) is 104 cm³/mol. The first-order chi connectivity index (χ1) is 14.0. The number of benzene rings is 2. The maximum absolute atomic E-state index is 15.2. The molecule has 148 valence electrons. The summed E-state index contributed by atoms with van der Waals surface area (Å²) < 4.78 is 35.8. The van der Waals surface area contributed by atoms with E-state index >= 15 is 4.39 Å². The fourth-order valence-corrected chi connectivity index (χ4v) is 3.84. The average Bonchev–Trinajstić information content (AvgIpc) is 3.23. The maximum Gasteiger partial charge on any atom is 0.287 e. The number of carbonyl (C=O) groups excluding carboxylic acids is 1. The fourth-order valence-electron chi connectivity index (χ4n) is 3.84. The summed E-state index contributed by atoms with van der Waals surface area (Å²) in [5, 5.41) is 0. The number of halogens is 2. The zero-order chi connectivity index (χ0) is 20.4. The van der Waals surface area contributed by atoms with Gasteiger partial charge in [0.05, 0.1) is 6.54 Å². The molecule has 0 spiro atoms. The minimum atomic E-state index is -1.10. The molecule has 0 N–H and O–H groups in total. The lowest BCUT2D eigenvalue weighted by molar-refractivity contribution is 0.0326. The molecule has 0 radical (unpaired) electrons. The van der Waals surface area contributed by atoms with Gasteiger partial charge in [-0.05, 0) is 42.2 Å². The van der Waals surface area contributed by atoms with Gasteiger partial charge in [0.15, 0.2) is 5.82 Å². The van der Waals surface area contributed by atoms with E-state index in [9.17, 15) is 14.0 Å². The van der Waals surface area contributed by atoms with E-state index in [-0.39, 0.29) is 12.1 Å². The summed E-state index contributed by atoms with van der Waals surface area (Å²) in [4.78, 5) is 23.5. The first kappa shape index (κ1) is 19.2. The Labute approximate surface area is 166 Å². The Morgan fingerprint density at radius 1 is 1.03 bits per heavy atom. The van der Waals surface area contributed by atoms with Crippen molar-refractivity contribution in [1.29, 1.82) is 0 Å². The molecular formula is C23H19F2NO3. The van der Waals surface area contributed by atoms with Crippen LogP contribution in [0.2, 0.25) is 0 Å². The number of rotatable bonds is 5. The van der Waals surface area contributed by atoms with Gasteiger partial charge in [-0.2, -0.15) is 0 Å². The van der Waals surface area contributed by atoms with Crippen LogP contribution in [-0.4, -0.2) is 17.5 Å². The molecular weight excluding hydrogens is 376 g/mol. The van der Waals surface area contributed by atoms with Gasteiger partial charge in [0.1, 0.15) is 17.7 Å². The molecule has 1 fully saturated rings. The standard InChI is InChI=1S/C23H19F2NO3/c24-19-8-6-18(7-9-19)23(11-1-13-29-23)20-10-12-26(22(28)21(20)25)14-16-2-4-17(15-27)5-3-16/h2-10,12,15H,1,11,13-14H2. The Bertz CT molecular complexity index is 1080. The summed E-state index contributed by atoms with van der Waals surface area (Å²) in [7, 11) is 0. The van der Waals surface area contributed by atoms with Crippen molar-refractivity contribution in [3.8, 4) is 0 Å². The Balaban J connectivity index is 1.72. The lowest BCUT2D eigenvalue weighted by Crippen LogP contribution is -2.33. The van der Waals surface area contributed by atoms with Crippen LogP contribution in [0, 0.1) is 11.6 Å². The van der Waals surface area contributed by atoms with Crippen molar-refractivity contribution >= 4 is 6.29 Å². The minimum Gasteiger partial charge on any atom is -0.365 e. The van der Waals surface area contributed by atoms with Crippen LogP contribution in [-0.2, 0) is 16.9 Å². The van der Waals surface area contributed by atoms with Gasteiger partial charge in [-0.25, -0.2) is 8.78 Å². The van der Waals surface area contributed by atoms with Gasteiger partial charge in [0, 0.05) is 23.9 Å². The second kappa shape index (κ2) is 7.72. The van der Waals surface area contributed by atoms with Crippen molar-refractivity contribution in [2.75, 3.05) is 6.61 Å². The summed E-state index contributed by atoms with van der Waals surface area (Å²) >= 11 is 0. The molecule has 29 heavy (non-hydrogen) atoms. The van der Waals surface area contributed by atoms with Gasteiger partial charge in [-0.3, -0.25) is 9.59 Å². The summed E-state index contributed by atoms with van der Waals surface area (Å²) in [6, 6.07) is 14.1. The van der Waals surface area contributed by atoms with Crippen molar-refractivity contribution in [3.63, 3.8) is 0 Å². The van der Waals surface area contributed by atoms with E-state index in [1.807, 2.05) is 0 Å². The third kappa shape index (κ3) is 3.51. The summed E-state index contributed by atoms with van der Waals surface area (Å²) in [6.45, 7) is 0.614. The van der Waals surface area contributed by atoms with Gasteiger partial charge in [-0.15, -0.1) is 0 Å². The molecule has 4 rings (SSSR count). The number of hydrogen-bond donors (Lipinski definition) is 0. The number of aldehydes is 1. The molecule has 1 aliphatic heterocycles. The second-order valence-corrected chi connectivity index (χ2v) is 7.12. The average molecular weight is 395 g/mol. The van der Waals surface area contributed by atoms with E-state index in [0.29, 0.717) is 30.6 Å². The normalized spacial score (nSPS) is 18.7. The monoisotopic (exact) mass is 395 g/mol. The van der Waals surface area contributed by atoms with E-state index in [4.69, 9.17) is 4.74 Å². The molecule has 1 aromatic heterocycles. The number of aromatic nitrogens is 1. The molecule has 0 bridgehead atoms. The van der Waals surface area contributed by atoms with E-state index in [1.165, 1.54) is 16.7 Å². The Hall–Kier alpha value is -3.12. The molecule has 2 heterocycles. The molecule has 0 amide bonds. The molecule has 6 heteroatoms. The van der Waals surface area contributed by atoms with Crippen LogP contribution < -0.4 is 5.56 Å². The van der Waals surface area contributed by atoms with Crippen LogP contribution in [0.15, 0.2) is 65.6 Å². The molecule has 1 unspecified atom stereocenters. The van der Waals surface area contributed by atoms with Crippen LogP contribution in [0.3, 0.4) is 0 Å². The van der Waals surface area contributed by atoms with Gasteiger partial charge in [-0.1, -0.05) is 36.4 Å².